The first-order valence-corrected chi connectivity index (χ1v) is 8.21. The average Bonchev–Trinajstić information content (AvgIpc) is 2.05. The van der Waals surface area contributed by atoms with Crippen molar-refractivity contribution in [3.63, 3.8) is 0 Å². The summed E-state index contributed by atoms with van der Waals surface area (Å²) in [7, 11) is 1.89. The first kappa shape index (κ1) is 10.9. The van der Waals surface area contributed by atoms with Crippen LogP contribution in [-0.4, -0.2) is 12.8 Å². The van der Waals surface area contributed by atoms with E-state index < -0.39 is 0 Å². The molecule has 0 bridgehead atoms. The Morgan fingerprint density at radius 2 is 1.42 bits per heavy atom. The van der Waals surface area contributed by atoms with Crippen molar-refractivity contribution in [1.29, 1.82) is 0 Å². The summed E-state index contributed by atoms with van der Waals surface area (Å²) in [5, 5.41) is 0. The maximum atomic E-state index is 5.55. The van der Waals surface area contributed by atoms with Gasteiger partial charge in [-0.1, -0.05) is 40.4 Å². The van der Waals surface area contributed by atoms with Crippen molar-refractivity contribution < 1.29 is 4.52 Å². The van der Waals surface area contributed by atoms with E-state index in [1.807, 2.05) is 0 Å². The van der Waals surface area contributed by atoms with Gasteiger partial charge in [0.25, 0.3) is 0 Å². The summed E-state index contributed by atoms with van der Waals surface area (Å²) in [6.45, 7) is 1.02. The summed E-state index contributed by atoms with van der Waals surface area (Å²) in [5.74, 6) is 0. The first-order valence-electron chi connectivity index (χ1n) is 5.10. The van der Waals surface area contributed by atoms with E-state index in [1.54, 1.807) is 0 Å². The van der Waals surface area contributed by atoms with E-state index in [0.717, 1.165) is 23.4 Å². The predicted molar refractivity (Wildman–Crippen MR) is 59.8 cm³/mol. The van der Waals surface area contributed by atoms with Crippen molar-refractivity contribution in [3.05, 3.63) is 0 Å². The Hall–Kier alpha value is 0.820. The minimum atomic E-state index is 0.805. The highest BCUT2D eigenvalue weighted by atomic mass is 32.0. The van der Waals surface area contributed by atoms with Crippen LogP contribution in [0.2, 0.25) is 0 Å². The Balaban J connectivity index is 2.00. The monoisotopic (exact) mass is 206 g/mol. The van der Waals surface area contributed by atoms with Crippen LogP contribution >= 0.6 is 16.8 Å². The molecule has 0 aromatic carbocycles. The van der Waals surface area contributed by atoms with Gasteiger partial charge >= 0.3 is 0 Å². The molecule has 0 aromatic heterocycles. The van der Waals surface area contributed by atoms with Crippen LogP contribution in [0.5, 0.6) is 0 Å². The van der Waals surface area contributed by atoms with Crippen LogP contribution in [0.25, 0.3) is 0 Å². The van der Waals surface area contributed by atoms with E-state index in [0.29, 0.717) is 0 Å². The maximum absolute atomic E-state index is 5.55. The van der Waals surface area contributed by atoms with E-state index in [-0.39, 0.29) is 0 Å². The molecule has 1 aliphatic rings. The summed E-state index contributed by atoms with van der Waals surface area (Å²) < 4.78 is 5.55. The Kier molecular flexibility index (Phi) is 7.65. The second-order valence-corrected chi connectivity index (χ2v) is 6.37. The minimum Gasteiger partial charge on any atom is -0.358 e. The predicted octanol–water partition coefficient (Wildman–Crippen LogP) is 3.93. The molecule has 0 spiro atoms. The smallest absolute Gasteiger partial charge is 0.0509 e. The van der Waals surface area contributed by atoms with Crippen molar-refractivity contribution in [1.82, 2.24) is 0 Å². The van der Waals surface area contributed by atoms with Gasteiger partial charge in [0.15, 0.2) is 0 Å². The van der Waals surface area contributed by atoms with Gasteiger partial charge in [-0.3, -0.25) is 0 Å². The minimum absolute atomic E-state index is 0.805. The zero-order valence-electron chi connectivity index (χ0n) is 7.77. The van der Waals surface area contributed by atoms with Crippen LogP contribution in [-0.2, 0) is 4.52 Å². The van der Waals surface area contributed by atoms with E-state index in [9.17, 15) is 0 Å². The number of hydrogen-bond acceptors (Lipinski definition) is 1. The molecule has 0 saturated carbocycles. The quantitative estimate of drug-likeness (QED) is 0.545. The van der Waals surface area contributed by atoms with Crippen molar-refractivity contribution in [2.24, 2.45) is 0 Å². The third-order valence-corrected chi connectivity index (χ3v) is 4.90. The molecule has 1 saturated heterocycles. The standard InChI is InChI=1S/C9H20OP2/c1-2-4-6-8-10-12-11-9-7-5-3-1/h11-12H,1-9H2. The summed E-state index contributed by atoms with van der Waals surface area (Å²) >= 11 is 0. The molecular formula is C9H20OP2. The molecule has 12 heavy (non-hydrogen) atoms. The van der Waals surface area contributed by atoms with Crippen LogP contribution in [0.15, 0.2) is 0 Å². The van der Waals surface area contributed by atoms with Crippen LogP contribution in [0.4, 0.5) is 0 Å². The van der Waals surface area contributed by atoms with Crippen LogP contribution in [0.3, 0.4) is 0 Å². The largest absolute Gasteiger partial charge is 0.358 e. The molecule has 1 rings (SSSR count). The molecule has 72 valence electrons. The SMILES string of the molecule is C1CCCCOPPCCCC1. The van der Waals surface area contributed by atoms with E-state index in [4.69, 9.17) is 4.52 Å². The van der Waals surface area contributed by atoms with Gasteiger partial charge < -0.3 is 4.52 Å². The molecular weight excluding hydrogens is 186 g/mol. The molecule has 0 radical (unpaired) electrons. The normalized spacial score (nSPS) is 28.0. The van der Waals surface area contributed by atoms with Gasteiger partial charge in [-0.15, -0.1) is 0 Å². The first-order chi connectivity index (χ1) is 6.00. The molecule has 1 fully saturated rings. The summed E-state index contributed by atoms with van der Waals surface area (Å²) in [5.41, 5.74) is 0. The van der Waals surface area contributed by atoms with Gasteiger partial charge in [0.2, 0.25) is 0 Å². The van der Waals surface area contributed by atoms with Crippen molar-refractivity contribution in [2.45, 2.75) is 44.9 Å². The fraction of sp³-hybridized carbons (Fsp3) is 1.00. The van der Waals surface area contributed by atoms with Crippen molar-refractivity contribution in [3.8, 4) is 0 Å². The Labute approximate surface area is 79.6 Å². The number of rotatable bonds is 0. The Morgan fingerprint density at radius 1 is 0.750 bits per heavy atom. The van der Waals surface area contributed by atoms with E-state index >= 15 is 0 Å². The highest BCUT2D eigenvalue weighted by Gasteiger charge is 1.95. The molecule has 0 aliphatic carbocycles. The van der Waals surface area contributed by atoms with Crippen LogP contribution < -0.4 is 0 Å². The molecule has 1 aliphatic heterocycles. The maximum Gasteiger partial charge on any atom is 0.0509 e. The van der Waals surface area contributed by atoms with Gasteiger partial charge in [0.05, 0.1) is 6.61 Å². The second kappa shape index (κ2) is 8.42. The van der Waals surface area contributed by atoms with Gasteiger partial charge in [0, 0.05) is 8.50 Å². The van der Waals surface area contributed by atoms with Crippen LogP contribution in [0, 0.1) is 0 Å². The zero-order chi connectivity index (χ0) is 8.49. The average molecular weight is 206 g/mol. The summed E-state index contributed by atoms with van der Waals surface area (Å²) in [6.07, 6.45) is 11.3. The van der Waals surface area contributed by atoms with Gasteiger partial charge in [0.1, 0.15) is 0 Å². The van der Waals surface area contributed by atoms with Crippen molar-refractivity contribution in [2.75, 3.05) is 12.8 Å². The summed E-state index contributed by atoms with van der Waals surface area (Å²) in [6, 6.07) is 0. The highest BCUT2D eigenvalue weighted by Crippen LogP contribution is 2.38. The topological polar surface area (TPSA) is 9.23 Å². The Bertz CT molecular complexity index is 55.5. The molecule has 0 N–H and O–H groups in total. The van der Waals surface area contributed by atoms with Gasteiger partial charge in [-0.25, -0.2) is 0 Å². The lowest BCUT2D eigenvalue weighted by Crippen LogP contribution is -1.87. The molecule has 3 heteroatoms. The molecule has 1 heterocycles. The van der Waals surface area contributed by atoms with E-state index in [1.165, 1.54) is 51.1 Å². The molecule has 2 unspecified atom stereocenters. The third kappa shape index (κ3) is 6.35. The zero-order valence-corrected chi connectivity index (χ0v) is 9.77. The van der Waals surface area contributed by atoms with Gasteiger partial charge in [-0.05, 0) is 19.0 Å². The van der Waals surface area contributed by atoms with Crippen molar-refractivity contribution >= 4 is 16.8 Å². The number of hydrogen-bond donors (Lipinski definition) is 0. The van der Waals surface area contributed by atoms with E-state index in [2.05, 4.69) is 0 Å². The fourth-order valence-corrected chi connectivity index (χ4v) is 3.75. The summed E-state index contributed by atoms with van der Waals surface area (Å²) in [4.78, 5) is 0. The highest BCUT2D eigenvalue weighted by molar-refractivity contribution is 8.09. The lowest BCUT2D eigenvalue weighted by molar-refractivity contribution is 0.350. The molecule has 1 nitrogen and oxygen atoms in total. The second-order valence-electron chi connectivity index (χ2n) is 3.35. The molecule has 2 atom stereocenters. The lowest BCUT2D eigenvalue weighted by atomic mass is 10.1. The molecule has 0 amide bonds. The van der Waals surface area contributed by atoms with Gasteiger partial charge in [-0.2, -0.15) is 0 Å². The molecule has 0 aromatic rings. The fourth-order valence-electron chi connectivity index (χ4n) is 1.42. The third-order valence-electron chi connectivity index (χ3n) is 2.19. The Morgan fingerprint density at radius 3 is 2.25 bits per heavy atom. The lowest BCUT2D eigenvalue weighted by Gasteiger charge is -2.06. The van der Waals surface area contributed by atoms with Crippen LogP contribution in [0.1, 0.15) is 44.9 Å².